The Morgan fingerprint density at radius 2 is 0.829 bits per heavy atom. The van der Waals surface area contributed by atoms with Gasteiger partial charge in [0.15, 0.2) is 23.0 Å². The average Bonchev–Trinajstić information content (AvgIpc) is 3.00. The van der Waals surface area contributed by atoms with Crippen LogP contribution in [0, 0.1) is 0 Å². The van der Waals surface area contributed by atoms with Crippen LogP contribution in [0.4, 0.5) is 0 Å². The zero-order valence-corrected chi connectivity index (χ0v) is 23.4. The van der Waals surface area contributed by atoms with E-state index < -0.39 is 21.8 Å². The first-order valence-electron chi connectivity index (χ1n) is 12.0. The van der Waals surface area contributed by atoms with Crippen LogP contribution in [-0.4, -0.2) is 48.8 Å². The number of methoxy groups -OCH3 is 4. The molecule has 0 aromatic heterocycles. The molecule has 0 bridgehead atoms. The number of ether oxygens (including phenoxy) is 6. The van der Waals surface area contributed by atoms with E-state index >= 15 is 0 Å². The summed E-state index contributed by atoms with van der Waals surface area (Å²) in [6.45, 7) is 0. The Balaban J connectivity index is 1.44. The summed E-state index contributed by atoms with van der Waals surface area (Å²) in [5.41, 5.74) is 0.456. The Morgan fingerprint density at radius 1 is 0.488 bits per heavy atom. The third-order valence-corrected chi connectivity index (χ3v) is 7.71. The normalized spacial score (nSPS) is 10.8. The summed E-state index contributed by atoms with van der Waals surface area (Å²) in [7, 11) is 1.96. The van der Waals surface area contributed by atoms with Gasteiger partial charge in [-0.1, -0.05) is 0 Å². The van der Waals surface area contributed by atoms with E-state index in [-0.39, 0.29) is 32.4 Å². The molecule has 4 rings (SSSR count). The van der Waals surface area contributed by atoms with Crippen LogP contribution in [0.25, 0.3) is 0 Å². The first kappa shape index (κ1) is 29.0. The second-order valence-corrected chi connectivity index (χ2v) is 10.3. The number of carbonyl (C=O) groups is 2. The number of rotatable bonds is 10. The predicted octanol–water partition coefficient (Wildman–Crippen LogP) is 4.99. The minimum atomic E-state index is -3.91. The smallest absolute Gasteiger partial charge is 0.343 e. The van der Waals surface area contributed by atoms with Crippen molar-refractivity contribution in [1.82, 2.24) is 0 Å². The lowest BCUT2D eigenvalue weighted by Gasteiger charge is -2.11. The van der Waals surface area contributed by atoms with E-state index in [1.807, 2.05) is 0 Å². The Labute approximate surface area is 236 Å². The summed E-state index contributed by atoms with van der Waals surface area (Å²) in [6.07, 6.45) is 0. The minimum Gasteiger partial charge on any atom is -0.493 e. The summed E-state index contributed by atoms with van der Waals surface area (Å²) in [6, 6.07) is 20.0. The van der Waals surface area contributed by atoms with Gasteiger partial charge in [0.25, 0.3) is 0 Å². The van der Waals surface area contributed by atoms with Crippen molar-refractivity contribution in [1.29, 1.82) is 0 Å². The molecule has 11 heteroatoms. The highest BCUT2D eigenvalue weighted by Crippen LogP contribution is 2.30. The van der Waals surface area contributed by atoms with Crippen molar-refractivity contribution in [3.8, 4) is 34.5 Å². The molecule has 0 unspecified atom stereocenters. The molecule has 0 N–H and O–H groups in total. The number of hydrogen-bond donors (Lipinski definition) is 0. The molecule has 4 aromatic rings. The molecule has 4 aromatic carbocycles. The number of sulfone groups is 1. The van der Waals surface area contributed by atoms with Gasteiger partial charge in [-0.05, 0) is 84.9 Å². The Morgan fingerprint density at radius 3 is 1.15 bits per heavy atom. The lowest BCUT2D eigenvalue weighted by atomic mass is 10.2. The maximum Gasteiger partial charge on any atom is 0.343 e. The van der Waals surface area contributed by atoms with Crippen molar-refractivity contribution in [3.63, 3.8) is 0 Å². The zero-order chi connectivity index (χ0) is 29.6. The molecule has 10 nitrogen and oxygen atoms in total. The van der Waals surface area contributed by atoms with Crippen LogP contribution in [0.2, 0.25) is 0 Å². The topological polar surface area (TPSA) is 124 Å². The van der Waals surface area contributed by atoms with E-state index in [1.54, 1.807) is 12.1 Å². The Hall–Kier alpha value is -5.03. The van der Waals surface area contributed by atoms with Crippen molar-refractivity contribution in [2.45, 2.75) is 9.79 Å². The predicted molar refractivity (Wildman–Crippen MR) is 147 cm³/mol. The molecular weight excluding hydrogens is 552 g/mol. The van der Waals surface area contributed by atoms with Gasteiger partial charge in [0.1, 0.15) is 11.5 Å². The second kappa shape index (κ2) is 12.4. The molecule has 41 heavy (non-hydrogen) atoms. The highest BCUT2D eigenvalue weighted by Gasteiger charge is 2.20. The fourth-order valence-corrected chi connectivity index (χ4v) is 5.03. The molecule has 0 atom stereocenters. The monoisotopic (exact) mass is 578 g/mol. The first-order chi connectivity index (χ1) is 19.7. The molecule has 0 amide bonds. The van der Waals surface area contributed by atoms with Crippen molar-refractivity contribution in [3.05, 3.63) is 96.1 Å². The van der Waals surface area contributed by atoms with E-state index in [4.69, 9.17) is 28.4 Å². The number of hydrogen-bond acceptors (Lipinski definition) is 10. The van der Waals surface area contributed by atoms with Crippen molar-refractivity contribution in [2.75, 3.05) is 28.4 Å². The summed E-state index contributed by atoms with van der Waals surface area (Å²) in [5, 5.41) is 0. The Kier molecular flexibility index (Phi) is 8.78. The number of esters is 2. The molecule has 0 fully saturated rings. The fraction of sp³-hybridized carbons (Fsp3) is 0.133. The van der Waals surface area contributed by atoms with Crippen molar-refractivity contribution < 1.29 is 46.4 Å². The van der Waals surface area contributed by atoms with Crippen LogP contribution in [0.15, 0.2) is 94.7 Å². The standard InChI is InChI=1S/C30H26O10S/c1-35-25-15-5-19(17-27(25)37-3)29(31)39-21-7-11-23(12-8-21)41(33,34)24-13-9-22(10-14-24)40-30(32)20-6-16-26(36-2)28(18-20)38-4/h5-18H,1-4H3. The van der Waals surface area contributed by atoms with Gasteiger partial charge in [-0.15, -0.1) is 0 Å². The third kappa shape index (κ3) is 6.42. The summed E-state index contributed by atoms with van der Waals surface area (Å²) in [5.74, 6) is 0.655. The maximum absolute atomic E-state index is 13.1. The van der Waals surface area contributed by atoms with Crippen LogP contribution in [0.3, 0.4) is 0 Å². The van der Waals surface area contributed by atoms with Gasteiger partial charge in [0.2, 0.25) is 9.84 Å². The average molecular weight is 579 g/mol. The molecular formula is C30H26O10S. The van der Waals surface area contributed by atoms with Crippen LogP contribution in [-0.2, 0) is 9.84 Å². The first-order valence-corrected chi connectivity index (χ1v) is 13.5. The summed E-state index contributed by atoms with van der Waals surface area (Å²) >= 11 is 0. The van der Waals surface area contributed by atoms with E-state index in [2.05, 4.69) is 0 Å². The van der Waals surface area contributed by atoms with Gasteiger partial charge in [-0.3, -0.25) is 0 Å². The second-order valence-electron chi connectivity index (χ2n) is 8.36. The highest BCUT2D eigenvalue weighted by molar-refractivity contribution is 7.91. The number of carbonyl (C=O) groups excluding carboxylic acids is 2. The van der Waals surface area contributed by atoms with E-state index in [1.165, 1.54) is 101 Å². The Bertz CT molecular complexity index is 1540. The minimum absolute atomic E-state index is 0.0153. The van der Waals surface area contributed by atoms with E-state index in [0.29, 0.717) is 23.0 Å². The quantitative estimate of drug-likeness (QED) is 0.188. The molecule has 0 saturated heterocycles. The molecule has 212 valence electrons. The molecule has 0 radical (unpaired) electrons. The molecule has 0 spiro atoms. The summed E-state index contributed by atoms with van der Waals surface area (Å²) < 4.78 is 57.7. The van der Waals surface area contributed by atoms with Gasteiger partial charge in [0, 0.05) is 0 Å². The molecule has 0 aliphatic carbocycles. The van der Waals surface area contributed by atoms with Gasteiger partial charge in [0.05, 0.1) is 49.4 Å². The van der Waals surface area contributed by atoms with Crippen LogP contribution in [0.1, 0.15) is 20.7 Å². The van der Waals surface area contributed by atoms with Crippen molar-refractivity contribution in [2.24, 2.45) is 0 Å². The molecule has 0 aliphatic rings. The van der Waals surface area contributed by atoms with Gasteiger partial charge >= 0.3 is 11.9 Å². The van der Waals surface area contributed by atoms with Crippen molar-refractivity contribution >= 4 is 21.8 Å². The van der Waals surface area contributed by atoms with Gasteiger partial charge < -0.3 is 28.4 Å². The fourth-order valence-electron chi connectivity index (χ4n) is 3.77. The highest BCUT2D eigenvalue weighted by atomic mass is 32.2. The van der Waals surface area contributed by atoms with E-state index in [0.717, 1.165) is 0 Å². The van der Waals surface area contributed by atoms with Gasteiger partial charge in [-0.25, -0.2) is 18.0 Å². The SMILES string of the molecule is COc1ccc(C(=O)Oc2ccc(S(=O)(=O)c3ccc(OC(=O)c4ccc(OC)c(OC)c4)cc3)cc2)cc1OC. The van der Waals surface area contributed by atoms with Crippen LogP contribution in [0.5, 0.6) is 34.5 Å². The lowest BCUT2D eigenvalue weighted by molar-refractivity contribution is 0.0724. The van der Waals surface area contributed by atoms with Gasteiger partial charge in [-0.2, -0.15) is 0 Å². The molecule has 0 heterocycles. The summed E-state index contributed by atoms with van der Waals surface area (Å²) in [4.78, 5) is 25.1. The largest absolute Gasteiger partial charge is 0.493 e. The van der Waals surface area contributed by atoms with Crippen LogP contribution >= 0.6 is 0 Å². The third-order valence-electron chi connectivity index (χ3n) is 5.93. The van der Waals surface area contributed by atoms with Crippen LogP contribution < -0.4 is 28.4 Å². The van der Waals surface area contributed by atoms with E-state index in [9.17, 15) is 18.0 Å². The molecule has 0 saturated carbocycles. The zero-order valence-electron chi connectivity index (χ0n) is 22.6. The molecule has 0 aliphatic heterocycles. The number of benzene rings is 4. The lowest BCUT2D eigenvalue weighted by Crippen LogP contribution is -2.10. The maximum atomic E-state index is 13.1.